The molecule has 0 bridgehead atoms. The van der Waals surface area contributed by atoms with E-state index in [1.165, 1.54) is 17.0 Å². The molecule has 2 N–H and O–H groups in total. The second-order valence-corrected chi connectivity index (χ2v) is 8.59. The van der Waals surface area contributed by atoms with Crippen molar-refractivity contribution in [2.45, 2.75) is 51.0 Å². The van der Waals surface area contributed by atoms with Crippen molar-refractivity contribution in [3.63, 3.8) is 0 Å². The summed E-state index contributed by atoms with van der Waals surface area (Å²) in [6.07, 6.45) is 0.630. The van der Waals surface area contributed by atoms with Gasteiger partial charge in [-0.2, -0.15) is 4.72 Å². The molecule has 0 heterocycles. The number of hydrogen-bond acceptors (Lipinski definition) is 4. The van der Waals surface area contributed by atoms with Gasteiger partial charge in [-0.15, -0.1) is 0 Å². The molecule has 1 atom stereocenters. The van der Waals surface area contributed by atoms with Crippen LogP contribution in [0.1, 0.15) is 38.7 Å². The molecule has 0 fully saturated rings. The third-order valence-corrected chi connectivity index (χ3v) is 5.38. The van der Waals surface area contributed by atoms with Crippen LogP contribution >= 0.6 is 0 Å². The summed E-state index contributed by atoms with van der Waals surface area (Å²) in [5.74, 6) is -1.18. The number of aliphatic carboxylic acids is 1. The topological polar surface area (TPSA) is 104 Å². The standard InChI is InChI=1S/C18H28N2O5S/c1-13(2)12-16(18(23)20(4)11-5-6-17(21)22)19-26(24,25)15-9-7-14(3)8-10-15/h7-10,13,16,19H,5-6,11-12H2,1-4H3,(H,21,22). The van der Waals surface area contributed by atoms with Crippen molar-refractivity contribution < 1.29 is 23.1 Å². The predicted molar refractivity (Wildman–Crippen MR) is 99.3 cm³/mol. The van der Waals surface area contributed by atoms with Gasteiger partial charge in [0.15, 0.2) is 0 Å². The Labute approximate surface area is 155 Å². The van der Waals surface area contributed by atoms with Gasteiger partial charge in [-0.05, 0) is 37.8 Å². The van der Waals surface area contributed by atoms with Gasteiger partial charge in [0.2, 0.25) is 15.9 Å². The van der Waals surface area contributed by atoms with Gasteiger partial charge in [-0.1, -0.05) is 31.5 Å². The van der Waals surface area contributed by atoms with Gasteiger partial charge < -0.3 is 10.0 Å². The van der Waals surface area contributed by atoms with Crippen LogP contribution in [-0.4, -0.2) is 49.9 Å². The maximum Gasteiger partial charge on any atom is 0.303 e. The van der Waals surface area contributed by atoms with Crippen LogP contribution in [0.5, 0.6) is 0 Å². The second kappa shape index (κ2) is 9.68. The predicted octanol–water partition coefficient (Wildman–Crippen LogP) is 2.01. The normalized spacial score (nSPS) is 12.8. The molecule has 0 aliphatic heterocycles. The minimum absolute atomic E-state index is 0.0401. The zero-order valence-electron chi connectivity index (χ0n) is 15.7. The number of amides is 1. The Kier molecular flexibility index (Phi) is 8.23. The van der Waals surface area contributed by atoms with Crippen LogP contribution in [0.15, 0.2) is 29.2 Å². The van der Waals surface area contributed by atoms with E-state index in [9.17, 15) is 18.0 Å². The third kappa shape index (κ3) is 7.13. The summed E-state index contributed by atoms with van der Waals surface area (Å²) in [6, 6.07) is 5.52. The van der Waals surface area contributed by atoms with E-state index in [0.717, 1.165) is 5.56 Å². The van der Waals surface area contributed by atoms with Crippen molar-refractivity contribution in [1.82, 2.24) is 9.62 Å². The van der Waals surface area contributed by atoms with Crippen LogP contribution < -0.4 is 4.72 Å². The summed E-state index contributed by atoms with van der Waals surface area (Å²) in [7, 11) is -2.27. The van der Waals surface area contributed by atoms with E-state index in [1.54, 1.807) is 19.2 Å². The van der Waals surface area contributed by atoms with Crippen LogP contribution in [0.2, 0.25) is 0 Å². The van der Waals surface area contributed by atoms with E-state index >= 15 is 0 Å². The van der Waals surface area contributed by atoms with Gasteiger partial charge >= 0.3 is 5.97 Å². The van der Waals surface area contributed by atoms with Crippen molar-refractivity contribution >= 4 is 21.9 Å². The summed E-state index contributed by atoms with van der Waals surface area (Å²) in [4.78, 5) is 24.8. The Morgan fingerprint density at radius 2 is 1.77 bits per heavy atom. The molecule has 0 radical (unpaired) electrons. The first-order chi connectivity index (χ1) is 12.0. The number of carboxylic acids is 1. The molecule has 1 unspecified atom stereocenters. The lowest BCUT2D eigenvalue weighted by atomic mass is 10.0. The number of nitrogens with zero attached hydrogens (tertiary/aromatic N) is 1. The first-order valence-corrected chi connectivity index (χ1v) is 10.1. The van der Waals surface area contributed by atoms with Crippen LogP contribution in [0.25, 0.3) is 0 Å². The zero-order valence-corrected chi connectivity index (χ0v) is 16.5. The molecule has 1 aromatic carbocycles. The molecule has 1 amide bonds. The lowest BCUT2D eigenvalue weighted by Gasteiger charge is -2.25. The van der Waals surface area contributed by atoms with E-state index in [2.05, 4.69) is 4.72 Å². The molecular formula is C18H28N2O5S. The van der Waals surface area contributed by atoms with E-state index < -0.39 is 22.0 Å². The van der Waals surface area contributed by atoms with Crippen molar-refractivity contribution in [3.05, 3.63) is 29.8 Å². The molecule has 0 saturated carbocycles. The average Bonchev–Trinajstić information content (AvgIpc) is 2.52. The molecule has 1 aromatic rings. The first kappa shape index (κ1) is 22.1. The average molecular weight is 384 g/mol. The lowest BCUT2D eigenvalue weighted by Crippen LogP contribution is -2.48. The maximum atomic E-state index is 12.7. The van der Waals surface area contributed by atoms with Crippen molar-refractivity contribution in [2.24, 2.45) is 5.92 Å². The zero-order chi connectivity index (χ0) is 19.9. The first-order valence-electron chi connectivity index (χ1n) is 8.58. The Morgan fingerprint density at radius 1 is 1.19 bits per heavy atom. The Balaban J connectivity index is 2.89. The quantitative estimate of drug-likeness (QED) is 0.642. The smallest absolute Gasteiger partial charge is 0.303 e. The fourth-order valence-corrected chi connectivity index (χ4v) is 3.69. The third-order valence-electron chi connectivity index (χ3n) is 3.89. The van der Waals surface area contributed by atoms with Crippen LogP contribution in [0.4, 0.5) is 0 Å². The Bertz CT molecular complexity index is 714. The van der Waals surface area contributed by atoms with E-state index in [1.807, 2.05) is 20.8 Å². The maximum absolute atomic E-state index is 12.7. The minimum atomic E-state index is -3.83. The largest absolute Gasteiger partial charge is 0.481 e. The van der Waals surface area contributed by atoms with Gasteiger partial charge in [-0.3, -0.25) is 9.59 Å². The number of likely N-dealkylation sites (N-methyl/N-ethyl adjacent to an activating group) is 1. The van der Waals surface area contributed by atoms with Crippen molar-refractivity contribution in [2.75, 3.05) is 13.6 Å². The van der Waals surface area contributed by atoms with Crippen molar-refractivity contribution in [3.8, 4) is 0 Å². The monoisotopic (exact) mass is 384 g/mol. The van der Waals surface area contributed by atoms with Gasteiger partial charge in [0.1, 0.15) is 6.04 Å². The fourth-order valence-electron chi connectivity index (χ4n) is 2.49. The van der Waals surface area contributed by atoms with Crippen molar-refractivity contribution in [1.29, 1.82) is 0 Å². The number of hydrogen-bond donors (Lipinski definition) is 2. The SMILES string of the molecule is Cc1ccc(S(=O)(=O)NC(CC(C)C)C(=O)N(C)CCCC(=O)O)cc1. The fraction of sp³-hybridized carbons (Fsp3) is 0.556. The molecule has 8 heteroatoms. The molecule has 0 aliphatic rings. The number of benzene rings is 1. The van der Waals surface area contributed by atoms with E-state index in [0.29, 0.717) is 12.8 Å². The molecule has 146 valence electrons. The van der Waals surface area contributed by atoms with Gasteiger partial charge in [0.25, 0.3) is 0 Å². The number of carbonyl (C=O) groups excluding carboxylic acids is 1. The highest BCUT2D eigenvalue weighted by Gasteiger charge is 2.28. The molecule has 0 aliphatic carbocycles. The molecule has 0 saturated heterocycles. The summed E-state index contributed by atoms with van der Waals surface area (Å²) >= 11 is 0. The number of sulfonamides is 1. The number of nitrogens with one attached hydrogen (secondary N) is 1. The highest BCUT2D eigenvalue weighted by molar-refractivity contribution is 7.89. The number of aryl methyl sites for hydroxylation is 1. The number of rotatable bonds is 10. The summed E-state index contributed by atoms with van der Waals surface area (Å²) < 4.78 is 27.7. The summed E-state index contributed by atoms with van der Waals surface area (Å²) in [6.45, 7) is 5.93. The molecule has 7 nitrogen and oxygen atoms in total. The highest BCUT2D eigenvalue weighted by Crippen LogP contribution is 2.14. The van der Waals surface area contributed by atoms with Gasteiger partial charge in [-0.25, -0.2) is 8.42 Å². The number of carboxylic acid groups (broad SMARTS) is 1. The number of carbonyl (C=O) groups is 2. The lowest BCUT2D eigenvalue weighted by molar-refractivity contribution is -0.138. The molecule has 0 spiro atoms. The van der Waals surface area contributed by atoms with Crippen LogP contribution in [0.3, 0.4) is 0 Å². The van der Waals surface area contributed by atoms with Crippen LogP contribution in [0, 0.1) is 12.8 Å². The summed E-state index contributed by atoms with van der Waals surface area (Å²) in [5.41, 5.74) is 0.942. The minimum Gasteiger partial charge on any atom is -0.481 e. The van der Waals surface area contributed by atoms with Gasteiger partial charge in [0.05, 0.1) is 4.90 Å². The molecular weight excluding hydrogens is 356 g/mol. The molecule has 1 rings (SSSR count). The highest BCUT2D eigenvalue weighted by atomic mass is 32.2. The second-order valence-electron chi connectivity index (χ2n) is 6.87. The molecule has 26 heavy (non-hydrogen) atoms. The van der Waals surface area contributed by atoms with Gasteiger partial charge in [0, 0.05) is 20.0 Å². The Morgan fingerprint density at radius 3 is 2.27 bits per heavy atom. The van der Waals surface area contributed by atoms with E-state index in [-0.39, 0.29) is 29.7 Å². The Hall–Kier alpha value is -1.93. The van der Waals surface area contributed by atoms with E-state index in [4.69, 9.17) is 5.11 Å². The van der Waals surface area contributed by atoms with Crippen LogP contribution in [-0.2, 0) is 19.6 Å². The molecule has 0 aromatic heterocycles. The summed E-state index contributed by atoms with van der Waals surface area (Å²) in [5, 5.41) is 8.70.